The summed E-state index contributed by atoms with van der Waals surface area (Å²) in [5.74, 6) is 0.676. The number of fused-ring (bicyclic) bond motifs is 1. The first-order chi connectivity index (χ1) is 16.1. The van der Waals surface area contributed by atoms with Gasteiger partial charge < -0.3 is 9.64 Å². The van der Waals surface area contributed by atoms with Crippen LogP contribution >= 0.6 is 11.3 Å². The van der Waals surface area contributed by atoms with Crippen molar-refractivity contribution in [2.24, 2.45) is 0 Å². The molecule has 1 amide bonds. The lowest BCUT2D eigenvalue weighted by Crippen LogP contribution is -2.48. The summed E-state index contributed by atoms with van der Waals surface area (Å²) in [6.07, 6.45) is 0. The Morgan fingerprint density at radius 2 is 1.82 bits per heavy atom. The second-order valence-corrected chi connectivity index (χ2v) is 8.81. The van der Waals surface area contributed by atoms with Crippen molar-refractivity contribution in [2.75, 3.05) is 33.3 Å². The average molecular weight is 462 g/mol. The van der Waals surface area contributed by atoms with E-state index in [1.54, 1.807) is 19.2 Å². The monoisotopic (exact) mass is 461 g/mol. The first-order valence-corrected chi connectivity index (χ1v) is 11.5. The Labute approximate surface area is 194 Å². The number of piperazine rings is 1. The molecule has 2 aromatic carbocycles. The van der Waals surface area contributed by atoms with Gasteiger partial charge in [0.2, 0.25) is 4.96 Å². The van der Waals surface area contributed by atoms with E-state index in [9.17, 15) is 9.59 Å². The Morgan fingerprint density at radius 1 is 1.03 bits per heavy atom. The fraction of sp³-hybridized carbons (Fsp3) is 0.250. The van der Waals surface area contributed by atoms with Gasteiger partial charge in [0, 0.05) is 49.9 Å². The minimum Gasteiger partial charge on any atom is -0.497 e. The first-order valence-electron chi connectivity index (χ1n) is 10.7. The molecule has 2 aromatic heterocycles. The second-order valence-electron chi connectivity index (χ2n) is 7.85. The van der Waals surface area contributed by atoms with Gasteiger partial charge in [-0.2, -0.15) is 9.61 Å². The number of hydrogen-bond donors (Lipinski definition) is 0. The van der Waals surface area contributed by atoms with Crippen LogP contribution in [0.4, 0.5) is 0 Å². The normalized spacial score (nSPS) is 14.5. The molecule has 168 valence electrons. The van der Waals surface area contributed by atoms with E-state index in [0.29, 0.717) is 49.0 Å². The summed E-state index contributed by atoms with van der Waals surface area (Å²) in [6, 6.07) is 18.6. The summed E-state index contributed by atoms with van der Waals surface area (Å²) < 4.78 is 6.59. The molecule has 5 rings (SSSR count). The van der Waals surface area contributed by atoms with Crippen molar-refractivity contribution in [2.45, 2.75) is 6.54 Å². The molecule has 0 radical (unpaired) electrons. The van der Waals surface area contributed by atoms with E-state index in [2.05, 4.69) is 15.0 Å². The molecule has 0 N–H and O–H groups in total. The summed E-state index contributed by atoms with van der Waals surface area (Å²) >= 11 is 1.40. The molecule has 0 bridgehead atoms. The Bertz CT molecular complexity index is 1340. The summed E-state index contributed by atoms with van der Waals surface area (Å²) in [7, 11) is 1.59. The highest BCUT2D eigenvalue weighted by Crippen LogP contribution is 2.24. The Hall–Kier alpha value is -3.56. The van der Waals surface area contributed by atoms with Gasteiger partial charge in [0.15, 0.2) is 0 Å². The van der Waals surface area contributed by atoms with Gasteiger partial charge in [-0.3, -0.25) is 14.5 Å². The molecular weight excluding hydrogens is 438 g/mol. The number of hydrogen-bond acceptors (Lipinski definition) is 7. The van der Waals surface area contributed by atoms with Crippen LogP contribution in [0.5, 0.6) is 5.75 Å². The number of carbonyl (C=O) groups excluding carboxylic acids is 1. The number of aromatic nitrogens is 3. The van der Waals surface area contributed by atoms with Crippen LogP contribution in [0.3, 0.4) is 0 Å². The maximum absolute atomic E-state index is 12.8. The van der Waals surface area contributed by atoms with Crippen LogP contribution in [0.2, 0.25) is 0 Å². The average Bonchev–Trinajstić information content (AvgIpc) is 3.30. The minimum atomic E-state index is -0.180. The van der Waals surface area contributed by atoms with Crippen LogP contribution in [0.1, 0.15) is 16.1 Å². The van der Waals surface area contributed by atoms with Crippen molar-refractivity contribution < 1.29 is 9.53 Å². The number of methoxy groups -OCH3 is 1. The minimum absolute atomic E-state index is 0.00411. The zero-order valence-corrected chi connectivity index (χ0v) is 19.0. The summed E-state index contributed by atoms with van der Waals surface area (Å²) in [5.41, 5.74) is 2.13. The third kappa shape index (κ3) is 4.50. The third-order valence-electron chi connectivity index (χ3n) is 5.68. The maximum Gasteiger partial charge on any atom is 0.275 e. The smallest absolute Gasteiger partial charge is 0.275 e. The van der Waals surface area contributed by atoms with Crippen LogP contribution in [0.25, 0.3) is 15.5 Å². The maximum atomic E-state index is 12.8. The van der Waals surface area contributed by atoms with Gasteiger partial charge in [0.05, 0.1) is 12.8 Å². The van der Waals surface area contributed by atoms with Crippen molar-refractivity contribution >= 4 is 22.2 Å². The van der Waals surface area contributed by atoms with E-state index >= 15 is 0 Å². The van der Waals surface area contributed by atoms with Crippen LogP contribution in [-0.4, -0.2) is 63.6 Å². The largest absolute Gasteiger partial charge is 0.497 e. The quantitative estimate of drug-likeness (QED) is 0.455. The van der Waals surface area contributed by atoms with E-state index in [-0.39, 0.29) is 11.5 Å². The molecule has 1 fully saturated rings. The van der Waals surface area contributed by atoms with Gasteiger partial charge >= 0.3 is 0 Å². The zero-order chi connectivity index (χ0) is 22.8. The predicted octanol–water partition coefficient (Wildman–Crippen LogP) is 2.78. The van der Waals surface area contributed by atoms with Crippen LogP contribution in [0, 0.1) is 0 Å². The number of carbonyl (C=O) groups is 1. The van der Waals surface area contributed by atoms with Crippen molar-refractivity contribution in [3.8, 4) is 16.3 Å². The van der Waals surface area contributed by atoms with E-state index in [0.717, 1.165) is 16.3 Å². The molecule has 4 aromatic rings. The topological polar surface area (TPSA) is 80.0 Å². The van der Waals surface area contributed by atoms with E-state index in [1.165, 1.54) is 15.9 Å². The second kappa shape index (κ2) is 9.13. The molecule has 0 atom stereocenters. The molecule has 33 heavy (non-hydrogen) atoms. The molecule has 1 aliphatic rings. The zero-order valence-electron chi connectivity index (χ0n) is 18.2. The van der Waals surface area contributed by atoms with Gasteiger partial charge in [-0.1, -0.05) is 47.7 Å². The van der Waals surface area contributed by atoms with Gasteiger partial charge in [0.25, 0.3) is 11.5 Å². The van der Waals surface area contributed by atoms with Crippen molar-refractivity contribution in [3.05, 3.63) is 82.3 Å². The van der Waals surface area contributed by atoms with E-state index < -0.39 is 0 Å². The number of benzene rings is 2. The van der Waals surface area contributed by atoms with E-state index in [4.69, 9.17) is 4.74 Å². The van der Waals surface area contributed by atoms with Crippen LogP contribution < -0.4 is 10.3 Å². The fourth-order valence-electron chi connectivity index (χ4n) is 3.91. The standard InChI is InChI=1S/C24H23N5O3S/c1-32-20-9-5-8-18(14-20)23(31)28-12-10-27(11-13-28)16-19-15-21(30)29-24(25-19)33-22(26-29)17-6-3-2-4-7-17/h2-9,14-15H,10-13,16H2,1H3. The highest BCUT2D eigenvalue weighted by molar-refractivity contribution is 7.19. The lowest BCUT2D eigenvalue weighted by Gasteiger charge is -2.34. The highest BCUT2D eigenvalue weighted by atomic mass is 32.1. The third-order valence-corrected chi connectivity index (χ3v) is 6.64. The number of ether oxygens (including phenoxy) is 1. The summed E-state index contributed by atoms with van der Waals surface area (Å²) in [4.78, 5) is 34.8. The van der Waals surface area contributed by atoms with Crippen LogP contribution in [-0.2, 0) is 6.54 Å². The molecule has 9 heteroatoms. The van der Waals surface area contributed by atoms with Gasteiger partial charge in [-0.25, -0.2) is 4.98 Å². The molecule has 0 saturated carbocycles. The lowest BCUT2D eigenvalue weighted by molar-refractivity contribution is 0.0626. The van der Waals surface area contributed by atoms with Crippen molar-refractivity contribution in [3.63, 3.8) is 0 Å². The van der Waals surface area contributed by atoms with Gasteiger partial charge in [-0.15, -0.1) is 0 Å². The number of rotatable bonds is 5. The Balaban J connectivity index is 1.26. The highest BCUT2D eigenvalue weighted by Gasteiger charge is 2.23. The van der Waals surface area contributed by atoms with Crippen molar-refractivity contribution in [1.29, 1.82) is 0 Å². The molecule has 0 aliphatic carbocycles. The van der Waals surface area contributed by atoms with Gasteiger partial charge in [-0.05, 0) is 18.2 Å². The Morgan fingerprint density at radius 3 is 2.58 bits per heavy atom. The molecule has 8 nitrogen and oxygen atoms in total. The Kier molecular flexibility index (Phi) is 5.89. The molecule has 1 saturated heterocycles. The molecule has 1 aliphatic heterocycles. The number of amides is 1. The summed E-state index contributed by atoms with van der Waals surface area (Å²) in [5, 5.41) is 5.20. The first kappa shape index (κ1) is 21.3. The molecule has 0 spiro atoms. The molecule has 0 unspecified atom stereocenters. The lowest BCUT2D eigenvalue weighted by atomic mass is 10.1. The SMILES string of the molecule is COc1cccc(C(=O)N2CCN(Cc3cc(=O)n4nc(-c5ccccc5)sc4n3)CC2)c1. The molecule has 3 heterocycles. The molecular formula is C24H23N5O3S. The number of nitrogens with zero attached hydrogens (tertiary/aromatic N) is 5. The fourth-order valence-corrected chi connectivity index (χ4v) is 4.84. The van der Waals surface area contributed by atoms with Gasteiger partial charge in [0.1, 0.15) is 10.8 Å². The van der Waals surface area contributed by atoms with Crippen LogP contribution in [0.15, 0.2) is 65.5 Å². The van der Waals surface area contributed by atoms with Crippen molar-refractivity contribution in [1.82, 2.24) is 24.4 Å². The van der Waals surface area contributed by atoms with E-state index in [1.807, 2.05) is 53.4 Å². The summed E-state index contributed by atoms with van der Waals surface area (Å²) in [6.45, 7) is 3.24. The predicted molar refractivity (Wildman–Crippen MR) is 127 cm³/mol.